The Morgan fingerprint density at radius 2 is 1.72 bits per heavy atom. The summed E-state index contributed by atoms with van der Waals surface area (Å²) >= 11 is 0. The SMILES string of the molecule is NCc1ccccc1-c1ccc2c(c1)OCCO2. The molecule has 0 saturated heterocycles. The van der Waals surface area contributed by atoms with Gasteiger partial charge in [-0.3, -0.25) is 0 Å². The number of benzene rings is 2. The van der Waals surface area contributed by atoms with Crippen molar-refractivity contribution >= 4 is 0 Å². The smallest absolute Gasteiger partial charge is 0.161 e. The van der Waals surface area contributed by atoms with Gasteiger partial charge in [-0.1, -0.05) is 30.3 Å². The average molecular weight is 241 g/mol. The van der Waals surface area contributed by atoms with E-state index in [4.69, 9.17) is 15.2 Å². The van der Waals surface area contributed by atoms with Gasteiger partial charge >= 0.3 is 0 Å². The summed E-state index contributed by atoms with van der Waals surface area (Å²) in [7, 11) is 0. The Balaban J connectivity index is 2.06. The lowest BCUT2D eigenvalue weighted by molar-refractivity contribution is 0.171. The average Bonchev–Trinajstić information content (AvgIpc) is 2.46. The normalized spacial score (nSPS) is 13.4. The number of hydrogen-bond acceptors (Lipinski definition) is 3. The summed E-state index contributed by atoms with van der Waals surface area (Å²) in [6, 6.07) is 14.2. The van der Waals surface area contributed by atoms with Crippen LogP contribution in [0.25, 0.3) is 11.1 Å². The molecule has 0 aromatic heterocycles. The Kier molecular flexibility index (Phi) is 2.90. The van der Waals surface area contributed by atoms with Gasteiger partial charge in [0.05, 0.1) is 0 Å². The Hall–Kier alpha value is -2.00. The third kappa shape index (κ3) is 1.93. The molecule has 0 spiro atoms. The van der Waals surface area contributed by atoms with E-state index < -0.39 is 0 Å². The monoisotopic (exact) mass is 241 g/mol. The van der Waals surface area contributed by atoms with Crippen molar-refractivity contribution in [1.82, 2.24) is 0 Å². The highest BCUT2D eigenvalue weighted by molar-refractivity contribution is 5.70. The fraction of sp³-hybridized carbons (Fsp3) is 0.200. The van der Waals surface area contributed by atoms with Crippen LogP contribution in [0.15, 0.2) is 42.5 Å². The van der Waals surface area contributed by atoms with Gasteiger partial charge in [0.15, 0.2) is 11.5 Å². The predicted octanol–water partition coefficient (Wildman–Crippen LogP) is 2.58. The molecule has 1 heterocycles. The van der Waals surface area contributed by atoms with Crippen molar-refractivity contribution < 1.29 is 9.47 Å². The molecule has 0 bridgehead atoms. The molecule has 0 fully saturated rings. The third-order valence-corrected chi connectivity index (χ3v) is 3.09. The summed E-state index contributed by atoms with van der Waals surface area (Å²) in [6.45, 7) is 1.76. The van der Waals surface area contributed by atoms with Crippen molar-refractivity contribution in [1.29, 1.82) is 0 Å². The van der Waals surface area contributed by atoms with Gasteiger partial charge in [-0.2, -0.15) is 0 Å². The van der Waals surface area contributed by atoms with Crippen LogP contribution in [0.4, 0.5) is 0 Å². The van der Waals surface area contributed by atoms with E-state index in [1.54, 1.807) is 0 Å². The minimum absolute atomic E-state index is 0.532. The molecule has 0 radical (unpaired) electrons. The van der Waals surface area contributed by atoms with Crippen molar-refractivity contribution in [3.8, 4) is 22.6 Å². The lowest BCUT2D eigenvalue weighted by atomic mass is 9.99. The van der Waals surface area contributed by atoms with Crippen molar-refractivity contribution in [2.75, 3.05) is 13.2 Å². The number of rotatable bonds is 2. The molecule has 1 aliphatic heterocycles. The molecule has 1 aliphatic rings. The summed E-state index contributed by atoms with van der Waals surface area (Å²) < 4.78 is 11.1. The number of nitrogens with two attached hydrogens (primary N) is 1. The fourth-order valence-electron chi connectivity index (χ4n) is 2.19. The Bertz CT molecular complexity index is 566. The van der Waals surface area contributed by atoms with Crippen LogP contribution in [0.3, 0.4) is 0 Å². The standard InChI is InChI=1S/C15H15NO2/c16-10-12-3-1-2-4-13(12)11-5-6-14-15(9-11)18-8-7-17-14/h1-6,9H,7-8,10,16H2. The van der Waals surface area contributed by atoms with E-state index in [1.165, 1.54) is 0 Å². The lowest BCUT2D eigenvalue weighted by Crippen LogP contribution is -2.15. The molecular weight excluding hydrogens is 226 g/mol. The van der Waals surface area contributed by atoms with Crippen LogP contribution >= 0.6 is 0 Å². The lowest BCUT2D eigenvalue weighted by Gasteiger charge is -2.19. The second kappa shape index (κ2) is 4.70. The Labute approximate surface area is 106 Å². The largest absolute Gasteiger partial charge is 0.486 e. The first-order valence-corrected chi connectivity index (χ1v) is 6.06. The first kappa shape index (κ1) is 11.1. The highest BCUT2D eigenvalue weighted by Gasteiger charge is 2.13. The molecular formula is C15H15NO2. The van der Waals surface area contributed by atoms with E-state index in [0.717, 1.165) is 28.2 Å². The molecule has 0 unspecified atom stereocenters. The molecule has 0 amide bonds. The molecule has 0 atom stereocenters. The van der Waals surface area contributed by atoms with Gasteiger partial charge in [0.1, 0.15) is 13.2 Å². The van der Waals surface area contributed by atoms with E-state index in [-0.39, 0.29) is 0 Å². The molecule has 2 aromatic carbocycles. The van der Waals surface area contributed by atoms with Crippen molar-refractivity contribution in [3.05, 3.63) is 48.0 Å². The highest BCUT2D eigenvalue weighted by Crippen LogP contribution is 2.35. The molecule has 18 heavy (non-hydrogen) atoms. The maximum Gasteiger partial charge on any atom is 0.161 e. The zero-order valence-electron chi connectivity index (χ0n) is 10.1. The van der Waals surface area contributed by atoms with Crippen molar-refractivity contribution in [3.63, 3.8) is 0 Å². The van der Waals surface area contributed by atoms with Crippen molar-refractivity contribution in [2.45, 2.75) is 6.54 Å². The molecule has 2 aromatic rings. The maximum absolute atomic E-state index is 5.77. The molecule has 92 valence electrons. The third-order valence-electron chi connectivity index (χ3n) is 3.09. The van der Waals surface area contributed by atoms with Gasteiger partial charge in [-0.15, -0.1) is 0 Å². The predicted molar refractivity (Wildman–Crippen MR) is 70.8 cm³/mol. The highest BCUT2D eigenvalue weighted by atomic mass is 16.6. The minimum atomic E-state index is 0.532. The van der Waals surface area contributed by atoms with E-state index in [0.29, 0.717) is 19.8 Å². The number of ether oxygens (including phenoxy) is 2. The zero-order valence-corrected chi connectivity index (χ0v) is 10.1. The van der Waals surface area contributed by atoms with Crippen molar-refractivity contribution in [2.24, 2.45) is 5.73 Å². The fourth-order valence-corrected chi connectivity index (χ4v) is 2.19. The topological polar surface area (TPSA) is 44.5 Å². The second-order valence-electron chi connectivity index (χ2n) is 4.22. The summed E-state index contributed by atoms with van der Waals surface area (Å²) in [5.41, 5.74) is 9.16. The maximum atomic E-state index is 5.77. The summed E-state index contributed by atoms with van der Waals surface area (Å²) in [6.07, 6.45) is 0. The van der Waals surface area contributed by atoms with Crippen LogP contribution in [-0.2, 0) is 6.54 Å². The van der Waals surface area contributed by atoms with Crippen LogP contribution in [0, 0.1) is 0 Å². The van der Waals surface area contributed by atoms with E-state index in [2.05, 4.69) is 6.07 Å². The van der Waals surface area contributed by atoms with Gasteiger partial charge in [0.25, 0.3) is 0 Å². The zero-order chi connectivity index (χ0) is 12.4. The quantitative estimate of drug-likeness (QED) is 0.879. The molecule has 2 N–H and O–H groups in total. The van der Waals surface area contributed by atoms with Gasteiger partial charge in [0, 0.05) is 6.54 Å². The molecule has 0 aliphatic carbocycles. The van der Waals surface area contributed by atoms with E-state index in [9.17, 15) is 0 Å². The van der Waals surface area contributed by atoms with Crippen LogP contribution < -0.4 is 15.2 Å². The first-order valence-electron chi connectivity index (χ1n) is 6.06. The van der Waals surface area contributed by atoms with Crippen LogP contribution in [0.1, 0.15) is 5.56 Å². The summed E-state index contributed by atoms with van der Waals surface area (Å²) in [5.74, 6) is 1.63. The summed E-state index contributed by atoms with van der Waals surface area (Å²) in [4.78, 5) is 0. The van der Waals surface area contributed by atoms with Gasteiger partial charge in [-0.25, -0.2) is 0 Å². The molecule has 3 rings (SSSR count). The minimum Gasteiger partial charge on any atom is -0.486 e. The van der Waals surface area contributed by atoms with Crippen LogP contribution in [0.5, 0.6) is 11.5 Å². The number of hydrogen-bond donors (Lipinski definition) is 1. The van der Waals surface area contributed by atoms with Gasteiger partial charge < -0.3 is 15.2 Å². The Morgan fingerprint density at radius 3 is 2.56 bits per heavy atom. The molecule has 0 saturated carbocycles. The Morgan fingerprint density at radius 1 is 0.944 bits per heavy atom. The molecule has 3 heteroatoms. The first-order chi connectivity index (χ1) is 8.88. The molecule has 3 nitrogen and oxygen atoms in total. The van der Waals surface area contributed by atoms with E-state index >= 15 is 0 Å². The summed E-state index contributed by atoms with van der Waals surface area (Å²) in [5, 5.41) is 0. The second-order valence-corrected chi connectivity index (χ2v) is 4.22. The number of fused-ring (bicyclic) bond motifs is 1. The van der Waals surface area contributed by atoms with Crippen LogP contribution in [-0.4, -0.2) is 13.2 Å². The van der Waals surface area contributed by atoms with E-state index in [1.807, 2.05) is 36.4 Å². The van der Waals surface area contributed by atoms with Gasteiger partial charge in [0.2, 0.25) is 0 Å². The van der Waals surface area contributed by atoms with Crippen LogP contribution in [0.2, 0.25) is 0 Å². The van der Waals surface area contributed by atoms with Gasteiger partial charge in [-0.05, 0) is 28.8 Å².